The molecule has 0 unspecified atom stereocenters. The lowest BCUT2D eigenvalue weighted by Gasteiger charge is -2.08. The molecule has 2 aromatic rings. The Morgan fingerprint density at radius 1 is 1.16 bits per heavy atom. The summed E-state index contributed by atoms with van der Waals surface area (Å²) in [4.78, 5) is 12.0. The van der Waals surface area contributed by atoms with Crippen molar-refractivity contribution in [2.45, 2.75) is 0 Å². The van der Waals surface area contributed by atoms with Gasteiger partial charge >= 0.3 is 0 Å². The van der Waals surface area contributed by atoms with Gasteiger partial charge in [0, 0.05) is 11.3 Å². The lowest BCUT2D eigenvalue weighted by atomic mass is 10.1. The molecule has 0 aliphatic carbocycles. The Hall–Kier alpha value is -2.93. The minimum atomic E-state index is -0.525. The molecule has 0 bridgehead atoms. The topological polar surface area (TPSA) is 69.6 Å². The van der Waals surface area contributed by atoms with Crippen molar-refractivity contribution in [3.8, 4) is 23.8 Å². The number of nitrogens with one attached hydrogen (secondary N) is 1. The van der Waals surface area contributed by atoms with E-state index in [0.29, 0.717) is 11.3 Å². The molecule has 3 N–H and O–H groups in total. The van der Waals surface area contributed by atoms with Gasteiger partial charge in [-0.15, -0.1) is 6.42 Å². The first kappa shape index (κ1) is 12.5. The lowest BCUT2D eigenvalue weighted by Crippen LogP contribution is -2.12. The second-order valence-electron chi connectivity index (χ2n) is 3.85. The number of carbonyl (C=O) groups is 1. The number of rotatable bonds is 2. The van der Waals surface area contributed by atoms with Crippen LogP contribution in [0.15, 0.2) is 42.5 Å². The summed E-state index contributed by atoms with van der Waals surface area (Å²) in [6.45, 7) is 0. The zero-order valence-corrected chi connectivity index (χ0v) is 9.92. The Bertz CT molecular complexity index is 671. The second kappa shape index (κ2) is 5.15. The number of hydrogen-bond donors (Lipinski definition) is 3. The number of anilines is 1. The molecule has 4 nitrogen and oxygen atoms in total. The van der Waals surface area contributed by atoms with Gasteiger partial charge in [0.25, 0.3) is 5.91 Å². The first-order valence-corrected chi connectivity index (χ1v) is 5.51. The Kier molecular flexibility index (Phi) is 3.39. The fourth-order valence-electron chi connectivity index (χ4n) is 1.60. The van der Waals surface area contributed by atoms with Crippen molar-refractivity contribution in [3.63, 3.8) is 0 Å². The third-order valence-electron chi connectivity index (χ3n) is 2.55. The molecule has 0 aliphatic rings. The predicted octanol–water partition coefficient (Wildman–Crippen LogP) is 2.33. The quantitative estimate of drug-likeness (QED) is 0.568. The van der Waals surface area contributed by atoms with Gasteiger partial charge < -0.3 is 15.5 Å². The van der Waals surface area contributed by atoms with Crippen molar-refractivity contribution in [1.82, 2.24) is 0 Å². The van der Waals surface area contributed by atoms with E-state index in [2.05, 4.69) is 11.2 Å². The van der Waals surface area contributed by atoms with Gasteiger partial charge in [-0.3, -0.25) is 4.79 Å². The molecule has 0 saturated carbocycles. The van der Waals surface area contributed by atoms with E-state index in [1.54, 1.807) is 24.3 Å². The summed E-state index contributed by atoms with van der Waals surface area (Å²) >= 11 is 0. The molecule has 0 radical (unpaired) electrons. The molecule has 4 heteroatoms. The van der Waals surface area contributed by atoms with E-state index in [0.717, 1.165) is 0 Å². The third-order valence-corrected chi connectivity index (χ3v) is 2.55. The predicted molar refractivity (Wildman–Crippen MR) is 72.1 cm³/mol. The van der Waals surface area contributed by atoms with Crippen LogP contribution in [0.4, 0.5) is 5.69 Å². The average molecular weight is 253 g/mol. The van der Waals surface area contributed by atoms with Crippen molar-refractivity contribution in [2.24, 2.45) is 0 Å². The number of amides is 1. The van der Waals surface area contributed by atoms with Gasteiger partial charge in [-0.25, -0.2) is 0 Å². The van der Waals surface area contributed by atoms with Crippen LogP contribution in [0.3, 0.4) is 0 Å². The van der Waals surface area contributed by atoms with E-state index >= 15 is 0 Å². The molecule has 2 rings (SSSR count). The number of para-hydroxylation sites is 1. The van der Waals surface area contributed by atoms with E-state index in [1.807, 2.05) is 0 Å². The zero-order chi connectivity index (χ0) is 13.8. The van der Waals surface area contributed by atoms with E-state index in [1.165, 1.54) is 18.2 Å². The van der Waals surface area contributed by atoms with Crippen LogP contribution in [0, 0.1) is 12.3 Å². The van der Waals surface area contributed by atoms with Gasteiger partial charge in [0.05, 0.1) is 5.56 Å². The molecule has 0 saturated heterocycles. The fourth-order valence-corrected chi connectivity index (χ4v) is 1.60. The van der Waals surface area contributed by atoms with Crippen LogP contribution >= 0.6 is 0 Å². The van der Waals surface area contributed by atoms with Crippen molar-refractivity contribution < 1.29 is 15.0 Å². The molecule has 0 spiro atoms. The maximum atomic E-state index is 12.0. The number of benzene rings is 2. The van der Waals surface area contributed by atoms with E-state index in [4.69, 9.17) is 6.42 Å². The van der Waals surface area contributed by atoms with Crippen molar-refractivity contribution in [1.29, 1.82) is 0 Å². The maximum absolute atomic E-state index is 12.0. The smallest absolute Gasteiger partial charge is 0.259 e. The van der Waals surface area contributed by atoms with Gasteiger partial charge in [0.15, 0.2) is 11.5 Å². The summed E-state index contributed by atoms with van der Waals surface area (Å²) < 4.78 is 0. The van der Waals surface area contributed by atoms with Crippen LogP contribution < -0.4 is 5.32 Å². The van der Waals surface area contributed by atoms with Gasteiger partial charge in [-0.1, -0.05) is 18.1 Å². The van der Waals surface area contributed by atoms with E-state index in [-0.39, 0.29) is 11.3 Å². The number of terminal acetylenes is 1. The zero-order valence-electron chi connectivity index (χ0n) is 9.92. The van der Waals surface area contributed by atoms with Gasteiger partial charge in [-0.05, 0) is 30.3 Å². The highest BCUT2D eigenvalue weighted by Crippen LogP contribution is 2.28. The number of carbonyl (C=O) groups excluding carboxylic acids is 1. The minimum Gasteiger partial charge on any atom is -0.504 e. The number of phenols is 2. The lowest BCUT2D eigenvalue weighted by molar-refractivity contribution is 0.102. The van der Waals surface area contributed by atoms with Crippen LogP contribution in [0.2, 0.25) is 0 Å². The molecule has 0 fully saturated rings. The summed E-state index contributed by atoms with van der Waals surface area (Å²) in [5.74, 6) is 1.14. The van der Waals surface area contributed by atoms with Crippen LogP contribution in [-0.4, -0.2) is 16.1 Å². The Morgan fingerprint density at radius 3 is 2.63 bits per heavy atom. The molecule has 0 atom stereocenters. The standard InChI is InChI=1S/C15H11NO3/c1-2-10-5-3-6-11(9-10)16-15(19)12-7-4-8-13(17)14(12)18/h1,3-9,17-18H,(H,16,19). The first-order chi connectivity index (χ1) is 9.11. The van der Waals surface area contributed by atoms with Crippen molar-refractivity contribution in [2.75, 3.05) is 5.32 Å². The van der Waals surface area contributed by atoms with E-state index < -0.39 is 11.7 Å². The number of phenolic OH excluding ortho intramolecular Hbond substituents is 2. The molecule has 94 valence electrons. The normalized spacial score (nSPS) is 9.63. The Labute approximate surface area is 110 Å². The SMILES string of the molecule is C#Cc1cccc(NC(=O)c2cccc(O)c2O)c1. The Balaban J connectivity index is 2.26. The summed E-state index contributed by atoms with van der Waals surface area (Å²) in [6.07, 6.45) is 5.27. The van der Waals surface area contributed by atoms with Gasteiger partial charge in [0.2, 0.25) is 0 Å². The minimum absolute atomic E-state index is 0.00823. The van der Waals surface area contributed by atoms with Gasteiger partial charge in [0.1, 0.15) is 0 Å². The largest absolute Gasteiger partial charge is 0.504 e. The van der Waals surface area contributed by atoms with Crippen LogP contribution in [0.25, 0.3) is 0 Å². The first-order valence-electron chi connectivity index (χ1n) is 5.51. The second-order valence-corrected chi connectivity index (χ2v) is 3.85. The molecule has 0 aromatic heterocycles. The molecule has 0 aliphatic heterocycles. The molecule has 0 heterocycles. The fraction of sp³-hybridized carbons (Fsp3) is 0. The van der Waals surface area contributed by atoms with Crippen LogP contribution in [0.1, 0.15) is 15.9 Å². The summed E-state index contributed by atoms with van der Waals surface area (Å²) in [6, 6.07) is 11.0. The summed E-state index contributed by atoms with van der Waals surface area (Å²) in [5.41, 5.74) is 1.15. The monoisotopic (exact) mass is 253 g/mol. The Morgan fingerprint density at radius 2 is 1.89 bits per heavy atom. The molecule has 2 aromatic carbocycles. The van der Waals surface area contributed by atoms with E-state index in [9.17, 15) is 15.0 Å². The van der Waals surface area contributed by atoms with Crippen LogP contribution in [0.5, 0.6) is 11.5 Å². The average Bonchev–Trinajstić information content (AvgIpc) is 2.42. The number of hydrogen-bond acceptors (Lipinski definition) is 3. The van der Waals surface area contributed by atoms with Gasteiger partial charge in [-0.2, -0.15) is 0 Å². The van der Waals surface area contributed by atoms with Crippen LogP contribution in [-0.2, 0) is 0 Å². The molecule has 19 heavy (non-hydrogen) atoms. The van der Waals surface area contributed by atoms with Crippen molar-refractivity contribution >= 4 is 11.6 Å². The molecular weight excluding hydrogens is 242 g/mol. The highest BCUT2D eigenvalue weighted by molar-refractivity contribution is 6.06. The maximum Gasteiger partial charge on any atom is 0.259 e. The molecule has 1 amide bonds. The summed E-state index contributed by atoms with van der Waals surface area (Å²) in [5, 5.41) is 21.5. The highest BCUT2D eigenvalue weighted by Gasteiger charge is 2.13. The number of aromatic hydroxyl groups is 2. The van der Waals surface area contributed by atoms with Crippen molar-refractivity contribution in [3.05, 3.63) is 53.6 Å². The highest BCUT2D eigenvalue weighted by atomic mass is 16.3. The summed E-state index contributed by atoms with van der Waals surface area (Å²) in [7, 11) is 0. The molecular formula is C15H11NO3. The third kappa shape index (κ3) is 2.67.